The van der Waals surface area contributed by atoms with Crippen molar-refractivity contribution < 1.29 is 35.1 Å². The summed E-state index contributed by atoms with van der Waals surface area (Å²) in [5, 5.41) is 53.2. The molecular formula is C39H44ClN3O7S. The highest BCUT2D eigenvalue weighted by molar-refractivity contribution is 7.98. The van der Waals surface area contributed by atoms with Gasteiger partial charge < -0.3 is 40.5 Å². The average Bonchev–Trinajstić information content (AvgIpc) is 4.11. The summed E-state index contributed by atoms with van der Waals surface area (Å²) in [7, 11) is 1.47. The van der Waals surface area contributed by atoms with Crippen molar-refractivity contribution in [2.75, 3.05) is 20.2 Å². The second-order valence-corrected chi connectivity index (χ2v) is 14.8. The molecule has 2 saturated carbocycles. The third-order valence-corrected chi connectivity index (χ3v) is 10.9. The van der Waals surface area contributed by atoms with Crippen molar-refractivity contribution in [2.45, 2.75) is 78.9 Å². The molecule has 3 aromatic carbocycles. The standard InChI is InChI=1S/C39H44ClN3O7S/c1-43(21-33(45)36(47)37(48)34(46)22-44)38(49)25-8-6-24(7-9-25)23-51-28-12-13-32(40)26(18-28)19-42-39(15-16-39)31-20-41-17-14-29(31)30-4-2-3-5-35(30)50-27-10-11-27/h2-9,12-14,17-18,20,27,33-34,36-37,42,44-48H,10-11,15-16,19,21-23H2,1H3. The van der Waals surface area contributed by atoms with Crippen molar-refractivity contribution in [1.82, 2.24) is 15.2 Å². The number of para-hydroxylation sites is 1. The monoisotopic (exact) mass is 733 g/mol. The van der Waals surface area contributed by atoms with Gasteiger partial charge in [-0.2, -0.15) is 0 Å². The van der Waals surface area contributed by atoms with Gasteiger partial charge in [-0.25, -0.2) is 0 Å². The Bertz CT molecular complexity index is 1800. The molecule has 4 unspecified atom stereocenters. The number of ether oxygens (including phenoxy) is 1. The highest BCUT2D eigenvalue weighted by atomic mass is 35.5. The number of thioether (sulfide) groups is 1. The molecule has 4 atom stereocenters. The van der Waals surface area contributed by atoms with E-state index < -0.39 is 31.0 Å². The van der Waals surface area contributed by atoms with Gasteiger partial charge in [0.1, 0.15) is 30.2 Å². The lowest BCUT2D eigenvalue weighted by molar-refractivity contribution is -0.117. The normalized spacial score (nSPS) is 17.3. The van der Waals surface area contributed by atoms with E-state index in [0.717, 1.165) is 64.1 Å². The van der Waals surface area contributed by atoms with E-state index in [-0.39, 0.29) is 18.0 Å². The van der Waals surface area contributed by atoms with Gasteiger partial charge in [0.05, 0.1) is 12.7 Å². The fourth-order valence-corrected chi connectivity index (χ4v) is 7.14. The number of aliphatic hydroxyl groups excluding tert-OH is 5. The highest BCUT2D eigenvalue weighted by Gasteiger charge is 2.46. The molecular weight excluding hydrogens is 690 g/mol. The van der Waals surface area contributed by atoms with E-state index >= 15 is 0 Å². The lowest BCUT2D eigenvalue weighted by Crippen LogP contribution is -2.49. The fraction of sp³-hybridized carbons (Fsp3) is 0.385. The third kappa shape index (κ3) is 9.11. The van der Waals surface area contributed by atoms with Gasteiger partial charge in [0.25, 0.3) is 5.91 Å². The van der Waals surface area contributed by atoms with E-state index in [9.17, 15) is 25.2 Å². The predicted octanol–water partition coefficient (Wildman–Crippen LogP) is 4.52. The fourth-order valence-electron chi connectivity index (χ4n) is 6.04. The molecule has 0 saturated heterocycles. The second-order valence-electron chi connectivity index (χ2n) is 13.4. The Balaban J connectivity index is 1.05. The van der Waals surface area contributed by atoms with Gasteiger partial charge in [0.2, 0.25) is 0 Å². The quantitative estimate of drug-likeness (QED) is 0.0854. The van der Waals surface area contributed by atoms with Crippen molar-refractivity contribution in [3.63, 3.8) is 0 Å². The summed E-state index contributed by atoms with van der Waals surface area (Å²) in [6.45, 7) is -0.463. The van der Waals surface area contributed by atoms with Crippen molar-refractivity contribution in [1.29, 1.82) is 0 Å². The van der Waals surface area contributed by atoms with Crippen molar-refractivity contribution in [3.8, 4) is 16.9 Å². The number of aliphatic hydroxyl groups is 5. The second kappa shape index (κ2) is 16.4. The number of nitrogens with zero attached hydrogens (tertiary/aromatic N) is 2. The molecule has 2 aliphatic carbocycles. The lowest BCUT2D eigenvalue weighted by Gasteiger charge is -2.28. The summed E-state index contributed by atoms with van der Waals surface area (Å²) in [5.41, 5.74) is 5.60. The van der Waals surface area contributed by atoms with Crippen LogP contribution in [0, 0.1) is 0 Å². The van der Waals surface area contributed by atoms with Crippen LogP contribution in [0.15, 0.2) is 90.1 Å². The van der Waals surface area contributed by atoms with Crippen LogP contribution in [-0.2, 0) is 17.8 Å². The number of rotatable bonds is 17. The van der Waals surface area contributed by atoms with Gasteiger partial charge in [-0.3, -0.25) is 9.78 Å². The largest absolute Gasteiger partial charge is 0.490 e. The number of carbonyl (C=O) groups is 1. The SMILES string of the molecule is CN(CC(O)C(O)C(O)C(O)CO)C(=O)c1ccc(CSc2ccc(Cl)c(CNC3(c4cnccc4-c4ccccc4OC4CC4)CC3)c2)cc1. The van der Waals surface area contributed by atoms with Crippen molar-refractivity contribution in [2.24, 2.45) is 0 Å². The molecule has 1 heterocycles. The minimum absolute atomic E-state index is 0.197. The van der Waals surface area contributed by atoms with E-state index in [0.29, 0.717) is 29.0 Å². The number of hydrogen-bond donors (Lipinski definition) is 6. The average molecular weight is 734 g/mol. The molecule has 0 bridgehead atoms. The van der Waals surface area contributed by atoms with Crippen LogP contribution in [0.4, 0.5) is 0 Å². The number of benzene rings is 3. The van der Waals surface area contributed by atoms with Gasteiger partial charge in [0.15, 0.2) is 0 Å². The minimum Gasteiger partial charge on any atom is -0.490 e. The Labute approximate surface area is 307 Å². The molecule has 2 fully saturated rings. The van der Waals surface area contributed by atoms with E-state index in [4.69, 9.17) is 21.4 Å². The zero-order valence-electron chi connectivity index (χ0n) is 28.4. The molecule has 0 aliphatic heterocycles. The van der Waals surface area contributed by atoms with Gasteiger partial charge in [-0.1, -0.05) is 41.9 Å². The first-order valence-electron chi connectivity index (χ1n) is 17.1. The van der Waals surface area contributed by atoms with E-state index in [2.05, 4.69) is 28.5 Å². The molecule has 12 heteroatoms. The molecule has 270 valence electrons. The molecule has 0 spiro atoms. The van der Waals surface area contributed by atoms with Crippen LogP contribution < -0.4 is 10.1 Å². The van der Waals surface area contributed by atoms with Gasteiger partial charge in [-0.15, -0.1) is 11.8 Å². The molecule has 10 nitrogen and oxygen atoms in total. The maximum atomic E-state index is 12.9. The molecule has 2 aliphatic rings. The van der Waals surface area contributed by atoms with Gasteiger partial charge >= 0.3 is 0 Å². The highest BCUT2D eigenvalue weighted by Crippen LogP contribution is 2.50. The molecule has 0 radical (unpaired) electrons. The number of nitrogens with one attached hydrogen (secondary N) is 1. The Morgan fingerprint density at radius 1 is 1.00 bits per heavy atom. The van der Waals surface area contributed by atoms with Crippen LogP contribution in [0.5, 0.6) is 5.75 Å². The lowest BCUT2D eigenvalue weighted by atomic mass is 9.94. The maximum Gasteiger partial charge on any atom is 0.253 e. The van der Waals surface area contributed by atoms with Crippen molar-refractivity contribution >= 4 is 29.3 Å². The predicted molar refractivity (Wildman–Crippen MR) is 197 cm³/mol. The number of carbonyl (C=O) groups excluding carboxylic acids is 1. The number of hydrogen-bond acceptors (Lipinski definition) is 10. The van der Waals surface area contributed by atoms with Crippen LogP contribution in [0.2, 0.25) is 5.02 Å². The summed E-state index contributed by atoms with van der Waals surface area (Å²) < 4.78 is 6.26. The Morgan fingerprint density at radius 2 is 1.73 bits per heavy atom. The summed E-state index contributed by atoms with van der Waals surface area (Å²) >= 11 is 8.35. The Kier molecular flexibility index (Phi) is 12.0. The summed E-state index contributed by atoms with van der Waals surface area (Å²) in [6, 6.07) is 23.5. The van der Waals surface area contributed by atoms with E-state index in [1.54, 1.807) is 23.9 Å². The van der Waals surface area contributed by atoms with Crippen LogP contribution in [0.3, 0.4) is 0 Å². The molecule has 1 aromatic heterocycles. The summed E-state index contributed by atoms with van der Waals surface area (Å²) in [6.07, 6.45) is 1.67. The van der Waals surface area contributed by atoms with Crippen LogP contribution in [0.25, 0.3) is 11.1 Å². The number of aromatic nitrogens is 1. The first-order chi connectivity index (χ1) is 24.6. The molecule has 51 heavy (non-hydrogen) atoms. The topological polar surface area (TPSA) is 156 Å². The molecule has 6 N–H and O–H groups in total. The number of amides is 1. The molecule has 6 rings (SSSR count). The Hall–Kier alpha value is -3.52. The molecule has 4 aromatic rings. The zero-order chi connectivity index (χ0) is 36.1. The number of halogens is 1. The number of pyridine rings is 1. The zero-order valence-corrected chi connectivity index (χ0v) is 29.9. The Morgan fingerprint density at radius 3 is 2.43 bits per heavy atom. The summed E-state index contributed by atoms with van der Waals surface area (Å²) in [4.78, 5) is 19.7. The van der Waals surface area contributed by atoms with Crippen LogP contribution in [0.1, 0.15) is 52.7 Å². The van der Waals surface area contributed by atoms with Crippen LogP contribution >= 0.6 is 23.4 Å². The first kappa shape index (κ1) is 37.2. The van der Waals surface area contributed by atoms with E-state index in [1.165, 1.54) is 11.9 Å². The first-order valence-corrected chi connectivity index (χ1v) is 18.5. The van der Waals surface area contributed by atoms with Crippen molar-refractivity contribution in [3.05, 3.63) is 112 Å². The number of likely N-dealkylation sites (N-methyl/N-ethyl adjacent to an activating group) is 1. The maximum absolute atomic E-state index is 12.9. The minimum atomic E-state index is -1.76. The third-order valence-electron chi connectivity index (χ3n) is 9.46. The summed E-state index contributed by atoms with van der Waals surface area (Å²) in [5.74, 6) is 1.20. The smallest absolute Gasteiger partial charge is 0.253 e. The van der Waals surface area contributed by atoms with Gasteiger partial charge in [0, 0.05) is 64.9 Å². The van der Waals surface area contributed by atoms with Crippen LogP contribution in [-0.4, -0.2) is 92.0 Å². The van der Waals surface area contributed by atoms with E-state index in [1.807, 2.05) is 54.9 Å². The molecule has 1 amide bonds. The van der Waals surface area contributed by atoms with Gasteiger partial charge in [-0.05, 0) is 90.4 Å².